The van der Waals surface area contributed by atoms with Crippen molar-refractivity contribution in [1.29, 1.82) is 0 Å². The number of nitrogens with two attached hydrogens (primary N) is 1. The highest BCUT2D eigenvalue weighted by Crippen LogP contribution is 2.21. The lowest BCUT2D eigenvalue weighted by atomic mass is 10.1. The normalized spacial score (nSPS) is 10.5. The van der Waals surface area contributed by atoms with E-state index in [4.69, 9.17) is 17.3 Å². The van der Waals surface area contributed by atoms with Crippen LogP contribution in [-0.4, -0.2) is 17.9 Å². The zero-order valence-electron chi connectivity index (χ0n) is 11.2. The summed E-state index contributed by atoms with van der Waals surface area (Å²) in [6, 6.07) is 8.65. The molecule has 0 saturated heterocycles. The molecular formula is C15H13ClF2N2O. The first kappa shape index (κ1) is 15.3. The fourth-order valence-corrected chi connectivity index (χ4v) is 2.12. The fourth-order valence-electron chi connectivity index (χ4n) is 1.93. The Morgan fingerprint density at radius 2 is 1.95 bits per heavy atom. The Hall–Kier alpha value is -2.14. The van der Waals surface area contributed by atoms with Gasteiger partial charge in [-0.25, -0.2) is 8.78 Å². The molecule has 0 spiro atoms. The molecule has 3 nitrogen and oxygen atoms in total. The Morgan fingerprint density at radius 3 is 2.62 bits per heavy atom. The van der Waals surface area contributed by atoms with Gasteiger partial charge in [-0.3, -0.25) is 4.79 Å². The van der Waals surface area contributed by atoms with Crippen LogP contribution in [-0.2, 0) is 6.54 Å². The summed E-state index contributed by atoms with van der Waals surface area (Å²) in [5.74, 6) is -2.35. The van der Waals surface area contributed by atoms with Crippen molar-refractivity contribution >= 4 is 23.2 Å². The highest BCUT2D eigenvalue weighted by Gasteiger charge is 2.20. The number of anilines is 1. The molecule has 2 rings (SSSR count). The maximum atomic E-state index is 13.8. The van der Waals surface area contributed by atoms with Gasteiger partial charge in [-0.05, 0) is 23.8 Å². The summed E-state index contributed by atoms with van der Waals surface area (Å²) in [6.07, 6.45) is 0. The summed E-state index contributed by atoms with van der Waals surface area (Å²) >= 11 is 6.01. The molecule has 2 aromatic carbocycles. The van der Waals surface area contributed by atoms with Crippen molar-refractivity contribution < 1.29 is 13.6 Å². The lowest BCUT2D eigenvalue weighted by Crippen LogP contribution is -2.27. The van der Waals surface area contributed by atoms with Gasteiger partial charge in [0, 0.05) is 18.6 Å². The van der Waals surface area contributed by atoms with E-state index < -0.39 is 28.8 Å². The van der Waals surface area contributed by atoms with Gasteiger partial charge in [0.15, 0.2) is 5.82 Å². The second kappa shape index (κ2) is 6.10. The number of hydrogen-bond donors (Lipinski definition) is 1. The SMILES string of the molecule is CN(Cc1ccccc1Cl)C(=O)c1cc(F)cc(N)c1F. The topological polar surface area (TPSA) is 46.3 Å². The van der Waals surface area contributed by atoms with E-state index >= 15 is 0 Å². The maximum Gasteiger partial charge on any atom is 0.257 e. The maximum absolute atomic E-state index is 13.8. The lowest BCUT2D eigenvalue weighted by molar-refractivity contribution is 0.0780. The van der Waals surface area contributed by atoms with Crippen molar-refractivity contribution in [3.05, 3.63) is 64.2 Å². The molecule has 0 fully saturated rings. The van der Waals surface area contributed by atoms with E-state index in [1.54, 1.807) is 24.3 Å². The van der Waals surface area contributed by atoms with Crippen LogP contribution in [0.25, 0.3) is 0 Å². The summed E-state index contributed by atoms with van der Waals surface area (Å²) in [4.78, 5) is 13.5. The molecule has 0 aromatic heterocycles. The first-order valence-electron chi connectivity index (χ1n) is 6.13. The molecular weight excluding hydrogens is 298 g/mol. The van der Waals surface area contributed by atoms with Gasteiger partial charge in [0.2, 0.25) is 0 Å². The molecule has 2 N–H and O–H groups in total. The van der Waals surface area contributed by atoms with Crippen molar-refractivity contribution in [3.8, 4) is 0 Å². The summed E-state index contributed by atoms with van der Waals surface area (Å²) in [7, 11) is 1.48. The molecule has 0 saturated carbocycles. The van der Waals surface area contributed by atoms with Crippen LogP contribution in [0.5, 0.6) is 0 Å². The number of rotatable bonds is 3. The Bertz CT molecular complexity index is 691. The van der Waals surface area contributed by atoms with Crippen molar-refractivity contribution in [2.24, 2.45) is 0 Å². The standard InChI is InChI=1S/C15H13ClF2N2O/c1-20(8-9-4-2-3-5-12(9)16)15(21)11-6-10(17)7-13(19)14(11)18/h2-7H,8,19H2,1H3. The van der Waals surface area contributed by atoms with Crippen molar-refractivity contribution in [3.63, 3.8) is 0 Å². The Labute approximate surface area is 125 Å². The van der Waals surface area contributed by atoms with Gasteiger partial charge < -0.3 is 10.6 Å². The van der Waals surface area contributed by atoms with Gasteiger partial charge in [0.25, 0.3) is 5.91 Å². The zero-order valence-corrected chi connectivity index (χ0v) is 12.0. The number of amides is 1. The summed E-state index contributed by atoms with van der Waals surface area (Å²) in [5.41, 5.74) is 5.24. The van der Waals surface area contributed by atoms with Crippen molar-refractivity contribution in [2.75, 3.05) is 12.8 Å². The smallest absolute Gasteiger partial charge is 0.257 e. The number of nitrogens with zero attached hydrogens (tertiary/aromatic N) is 1. The number of hydrogen-bond acceptors (Lipinski definition) is 2. The third kappa shape index (κ3) is 3.31. The third-order valence-electron chi connectivity index (χ3n) is 3.01. The van der Waals surface area contributed by atoms with Gasteiger partial charge in [-0.15, -0.1) is 0 Å². The van der Waals surface area contributed by atoms with Crippen LogP contribution in [0.1, 0.15) is 15.9 Å². The van der Waals surface area contributed by atoms with E-state index in [0.29, 0.717) is 10.6 Å². The van der Waals surface area contributed by atoms with Gasteiger partial charge in [-0.1, -0.05) is 29.8 Å². The number of halogens is 3. The highest BCUT2D eigenvalue weighted by molar-refractivity contribution is 6.31. The quantitative estimate of drug-likeness (QED) is 0.882. The molecule has 0 heterocycles. The van der Waals surface area contributed by atoms with Gasteiger partial charge >= 0.3 is 0 Å². The van der Waals surface area contributed by atoms with Gasteiger partial charge in [0.05, 0.1) is 11.3 Å². The van der Waals surface area contributed by atoms with Crippen LogP contribution in [0.15, 0.2) is 36.4 Å². The minimum absolute atomic E-state index is 0.175. The fraction of sp³-hybridized carbons (Fsp3) is 0.133. The average molecular weight is 311 g/mol. The summed E-state index contributed by atoms with van der Waals surface area (Å²) < 4.78 is 27.1. The molecule has 0 aliphatic rings. The van der Waals surface area contributed by atoms with E-state index in [-0.39, 0.29) is 6.54 Å². The summed E-state index contributed by atoms with van der Waals surface area (Å²) in [5, 5.41) is 0.497. The lowest BCUT2D eigenvalue weighted by Gasteiger charge is -2.18. The van der Waals surface area contributed by atoms with Crippen molar-refractivity contribution in [1.82, 2.24) is 4.90 Å². The summed E-state index contributed by atoms with van der Waals surface area (Å²) in [6.45, 7) is 0.175. The average Bonchev–Trinajstić information content (AvgIpc) is 2.44. The van der Waals surface area contributed by atoms with Crippen LogP contribution in [0.3, 0.4) is 0 Å². The van der Waals surface area contributed by atoms with E-state index in [2.05, 4.69) is 0 Å². The Kier molecular flexibility index (Phi) is 4.43. The zero-order chi connectivity index (χ0) is 15.6. The number of benzene rings is 2. The van der Waals surface area contributed by atoms with Crippen LogP contribution >= 0.6 is 11.6 Å². The molecule has 0 bridgehead atoms. The van der Waals surface area contributed by atoms with E-state index in [1.807, 2.05) is 0 Å². The van der Waals surface area contributed by atoms with E-state index in [0.717, 1.165) is 12.1 Å². The first-order chi connectivity index (χ1) is 9.90. The predicted octanol–water partition coefficient (Wildman–Crippen LogP) is 3.47. The van der Waals surface area contributed by atoms with E-state index in [9.17, 15) is 13.6 Å². The molecule has 1 amide bonds. The largest absolute Gasteiger partial charge is 0.396 e. The molecule has 0 atom stereocenters. The minimum atomic E-state index is -0.924. The molecule has 0 unspecified atom stereocenters. The Morgan fingerprint density at radius 1 is 1.29 bits per heavy atom. The molecule has 0 aliphatic carbocycles. The van der Waals surface area contributed by atoms with Crippen LogP contribution in [0.4, 0.5) is 14.5 Å². The molecule has 2 aromatic rings. The Balaban J connectivity index is 2.26. The van der Waals surface area contributed by atoms with Crippen LogP contribution in [0.2, 0.25) is 5.02 Å². The molecule has 6 heteroatoms. The molecule has 110 valence electrons. The molecule has 0 radical (unpaired) electrons. The number of carbonyl (C=O) groups is 1. The van der Waals surface area contributed by atoms with Crippen LogP contribution < -0.4 is 5.73 Å². The van der Waals surface area contributed by atoms with Crippen LogP contribution in [0, 0.1) is 11.6 Å². The second-order valence-corrected chi connectivity index (χ2v) is 5.02. The second-order valence-electron chi connectivity index (χ2n) is 4.61. The molecule has 0 aliphatic heterocycles. The molecule has 21 heavy (non-hydrogen) atoms. The highest BCUT2D eigenvalue weighted by atomic mass is 35.5. The minimum Gasteiger partial charge on any atom is -0.396 e. The third-order valence-corrected chi connectivity index (χ3v) is 3.38. The predicted molar refractivity (Wildman–Crippen MR) is 78.0 cm³/mol. The van der Waals surface area contributed by atoms with Gasteiger partial charge in [-0.2, -0.15) is 0 Å². The van der Waals surface area contributed by atoms with Gasteiger partial charge in [0.1, 0.15) is 5.82 Å². The number of carbonyl (C=O) groups excluding carboxylic acids is 1. The van der Waals surface area contributed by atoms with E-state index in [1.165, 1.54) is 11.9 Å². The first-order valence-corrected chi connectivity index (χ1v) is 6.51. The monoisotopic (exact) mass is 310 g/mol. The number of nitrogen functional groups attached to an aromatic ring is 1. The van der Waals surface area contributed by atoms with Crippen molar-refractivity contribution in [2.45, 2.75) is 6.54 Å².